The van der Waals surface area contributed by atoms with Crippen LogP contribution in [0.2, 0.25) is 0 Å². The Balaban J connectivity index is 2.38. The summed E-state index contributed by atoms with van der Waals surface area (Å²) in [5.41, 5.74) is 0.521. The fourth-order valence-electron chi connectivity index (χ4n) is 1.62. The van der Waals surface area contributed by atoms with Gasteiger partial charge in [0.15, 0.2) is 0 Å². The minimum atomic E-state index is -0.634. The van der Waals surface area contributed by atoms with Crippen molar-refractivity contribution in [3.63, 3.8) is 0 Å². The van der Waals surface area contributed by atoms with E-state index in [0.717, 1.165) is 0 Å². The average Bonchev–Trinajstić information content (AvgIpc) is 2.38. The molecule has 0 spiro atoms. The molecule has 2 aromatic carbocycles. The van der Waals surface area contributed by atoms with Gasteiger partial charge in [-0.3, -0.25) is 4.79 Å². The van der Waals surface area contributed by atoms with Crippen LogP contribution in [0.15, 0.2) is 45.3 Å². The van der Waals surface area contributed by atoms with Crippen LogP contribution in [0.25, 0.3) is 0 Å². The minimum absolute atomic E-state index is 0.101. The normalized spacial score (nSPS) is 9.90. The number of hydrogen-bond acceptors (Lipinski definition) is 2. The summed E-state index contributed by atoms with van der Waals surface area (Å²) in [7, 11) is 0. The van der Waals surface area contributed by atoms with Gasteiger partial charge in [-0.25, -0.2) is 4.39 Å². The number of benzene rings is 2. The summed E-state index contributed by atoms with van der Waals surface area (Å²) >= 11 is 6.39. The fourth-order valence-corrected chi connectivity index (χ4v) is 2.50. The van der Waals surface area contributed by atoms with Crippen molar-refractivity contribution in [3.05, 3.63) is 62.3 Å². The van der Waals surface area contributed by atoms with Gasteiger partial charge in [0.05, 0.1) is 16.8 Å². The third-order valence-corrected chi connectivity index (χ3v) is 3.69. The molecule has 0 fully saturated rings. The predicted octanol–water partition coefficient (Wildman–Crippen LogP) is 4.47. The highest BCUT2D eigenvalue weighted by atomic mass is 79.9. The van der Waals surface area contributed by atoms with Gasteiger partial charge >= 0.3 is 0 Å². The molecule has 0 bridgehead atoms. The summed E-state index contributed by atoms with van der Waals surface area (Å²) in [5.74, 6) is -1.25. The predicted molar refractivity (Wildman–Crippen MR) is 80.9 cm³/mol. The summed E-state index contributed by atoms with van der Waals surface area (Å²) < 4.78 is 14.8. The quantitative estimate of drug-likeness (QED) is 0.812. The van der Waals surface area contributed by atoms with Gasteiger partial charge in [-0.2, -0.15) is 5.26 Å². The van der Waals surface area contributed by atoms with E-state index in [-0.39, 0.29) is 5.56 Å². The monoisotopic (exact) mass is 396 g/mol. The maximum Gasteiger partial charge on any atom is 0.259 e. The molecule has 3 nitrogen and oxygen atoms in total. The van der Waals surface area contributed by atoms with E-state index in [1.807, 2.05) is 6.07 Å². The van der Waals surface area contributed by atoms with Gasteiger partial charge in [-0.1, -0.05) is 22.0 Å². The van der Waals surface area contributed by atoms with Gasteiger partial charge in [-0.15, -0.1) is 0 Å². The van der Waals surface area contributed by atoms with E-state index in [1.54, 1.807) is 24.3 Å². The molecule has 0 atom stereocenters. The van der Waals surface area contributed by atoms with Crippen LogP contribution >= 0.6 is 31.9 Å². The van der Waals surface area contributed by atoms with E-state index >= 15 is 0 Å². The molecule has 20 heavy (non-hydrogen) atoms. The summed E-state index contributed by atoms with van der Waals surface area (Å²) in [6.07, 6.45) is 0. The Kier molecular flexibility index (Phi) is 4.53. The smallest absolute Gasteiger partial charge is 0.259 e. The lowest BCUT2D eigenvalue weighted by Crippen LogP contribution is -2.15. The third kappa shape index (κ3) is 3.06. The van der Waals surface area contributed by atoms with Crippen LogP contribution in [0.4, 0.5) is 10.1 Å². The first-order valence-electron chi connectivity index (χ1n) is 5.48. The molecule has 0 aliphatic carbocycles. The average molecular weight is 398 g/mol. The molecule has 0 unspecified atom stereocenters. The highest BCUT2D eigenvalue weighted by Gasteiger charge is 2.16. The molecule has 6 heteroatoms. The lowest BCUT2D eigenvalue weighted by molar-refractivity contribution is 0.102. The van der Waals surface area contributed by atoms with E-state index in [0.29, 0.717) is 20.2 Å². The van der Waals surface area contributed by atoms with E-state index in [1.165, 1.54) is 12.1 Å². The zero-order valence-electron chi connectivity index (χ0n) is 9.95. The fraction of sp³-hybridized carbons (Fsp3) is 0. The first-order valence-corrected chi connectivity index (χ1v) is 7.06. The molecule has 0 aliphatic heterocycles. The van der Waals surface area contributed by atoms with Crippen molar-refractivity contribution in [1.29, 1.82) is 5.26 Å². The lowest BCUT2D eigenvalue weighted by atomic mass is 10.1. The summed E-state index contributed by atoms with van der Waals surface area (Å²) in [6, 6.07) is 11.1. The number of nitrogens with one attached hydrogen (secondary N) is 1. The minimum Gasteiger partial charge on any atom is -0.321 e. The first-order chi connectivity index (χ1) is 9.52. The van der Waals surface area contributed by atoms with Crippen molar-refractivity contribution in [2.24, 2.45) is 0 Å². The van der Waals surface area contributed by atoms with Gasteiger partial charge < -0.3 is 5.32 Å². The number of carbonyl (C=O) groups excluding carboxylic acids is 1. The Morgan fingerprint density at radius 3 is 2.65 bits per heavy atom. The van der Waals surface area contributed by atoms with Crippen molar-refractivity contribution >= 4 is 43.5 Å². The van der Waals surface area contributed by atoms with Crippen molar-refractivity contribution < 1.29 is 9.18 Å². The second kappa shape index (κ2) is 6.16. The van der Waals surface area contributed by atoms with E-state index in [2.05, 4.69) is 37.2 Å². The van der Waals surface area contributed by atoms with Crippen molar-refractivity contribution in [2.75, 3.05) is 5.32 Å². The summed E-state index contributed by atoms with van der Waals surface area (Å²) in [6.45, 7) is 0. The molecule has 0 aliphatic rings. The van der Waals surface area contributed by atoms with Crippen molar-refractivity contribution in [1.82, 2.24) is 0 Å². The maximum absolute atomic E-state index is 13.7. The highest BCUT2D eigenvalue weighted by molar-refractivity contribution is 9.10. The molecule has 0 saturated heterocycles. The Hall–Kier alpha value is -1.71. The number of halogens is 3. The maximum atomic E-state index is 13.7. The molecule has 1 N–H and O–H groups in total. The summed E-state index contributed by atoms with van der Waals surface area (Å²) in [5, 5.41) is 11.5. The zero-order chi connectivity index (χ0) is 14.7. The second-order valence-corrected chi connectivity index (χ2v) is 5.62. The molecule has 0 radical (unpaired) electrons. The Morgan fingerprint density at radius 1 is 1.25 bits per heavy atom. The summed E-state index contributed by atoms with van der Waals surface area (Å²) in [4.78, 5) is 12.1. The number of nitriles is 1. The number of nitrogens with zero attached hydrogens (tertiary/aromatic N) is 1. The molecule has 1 amide bonds. The third-order valence-electron chi connectivity index (χ3n) is 2.54. The van der Waals surface area contributed by atoms with Crippen LogP contribution in [0.1, 0.15) is 15.9 Å². The topological polar surface area (TPSA) is 52.9 Å². The zero-order valence-corrected chi connectivity index (χ0v) is 13.1. The van der Waals surface area contributed by atoms with Crippen LogP contribution < -0.4 is 5.32 Å². The van der Waals surface area contributed by atoms with Crippen LogP contribution in [0.5, 0.6) is 0 Å². The molecular weight excluding hydrogens is 391 g/mol. The van der Waals surface area contributed by atoms with Gasteiger partial charge in [0.2, 0.25) is 0 Å². The van der Waals surface area contributed by atoms with Crippen molar-refractivity contribution in [3.8, 4) is 6.07 Å². The van der Waals surface area contributed by atoms with Crippen LogP contribution in [0.3, 0.4) is 0 Å². The van der Waals surface area contributed by atoms with Gasteiger partial charge in [-0.05, 0) is 46.3 Å². The first kappa shape index (κ1) is 14.7. The largest absolute Gasteiger partial charge is 0.321 e. The molecular formula is C14H7Br2FN2O. The standard InChI is InChI=1S/C14H7Br2FN2O/c15-9-5-4-8(7-18)12(6-9)19-14(20)13-10(16)2-1-3-11(13)17/h1-6H,(H,19,20). The number of anilines is 1. The number of carbonyl (C=O) groups is 1. The van der Waals surface area contributed by atoms with E-state index in [4.69, 9.17) is 5.26 Å². The Labute approximate surface area is 131 Å². The van der Waals surface area contributed by atoms with Crippen molar-refractivity contribution in [2.45, 2.75) is 0 Å². The van der Waals surface area contributed by atoms with Crippen LogP contribution in [0, 0.1) is 17.1 Å². The lowest BCUT2D eigenvalue weighted by Gasteiger charge is -2.09. The highest BCUT2D eigenvalue weighted by Crippen LogP contribution is 2.24. The van der Waals surface area contributed by atoms with Gasteiger partial charge in [0.1, 0.15) is 11.9 Å². The van der Waals surface area contributed by atoms with Crippen LogP contribution in [-0.4, -0.2) is 5.91 Å². The SMILES string of the molecule is N#Cc1ccc(Br)cc1NC(=O)c1c(F)cccc1Br. The Bertz CT molecular complexity index is 705. The molecule has 0 saturated carbocycles. The second-order valence-electron chi connectivity index (χ2n) is 3.85. The van der Waals surface area contributed by atoms with E-state index < -0.39 is 11.7 Å². The molecule has 100 valence electrons. The van der Waals surface area contributed by atoms with Gasteiger partial charge in [0.25, 0.3) is 5.91 Å². The van der Waals surface area contributed by atoms with E-state index in [9.17, 15) is 9.18 Å². The van der Waals surface area contributed by atoms with Crippen LogP contribution in [-0.2, 0) is 0 Å². The van der Waals surface area contributed by atoms with Gasteiger partial charge in [0, 0.05) is 8.95 Å². The number of rotatable bonds is 2. The molecule has 2 aromatic rings. The number of amides is 1. The molecule has 0 heterocycles. The Morgan fingerprint density at radius 2 is 2.00 bits per heavy atom. The number of hydrogen-bond donors (Lipinski definition) is 1. The molecule has 2 rings (SSSR count). The molecule has 0 aromatic heterocycles.